The van der Waals surface area contributed by atoms with Crippen LogP contribution in [0.25, 0.3) is 0 Å². The van der Waals surface area contributed by atoms with E-state index in [1.807, 2.05) is 0 Å². The Morgan fingerprint density at radius 1 is 0.892 bits per heavy atom. The second-order valence-corrected chi connectivity index (χ2v) is 24.8. The molecular formula is C31H58O4Si2. The van der Waals surface area contributed by atoms with E-state index in [0.717, 1.165) is 30.1 Å². The van der Waals surface area contributed by atoms with Gasteiger partial charge in [-0.15, -0.1) is 0 Å². The van der Waals surface area contributed by atoms with Crippen LogP contribution in [-0.2, 0) is 18.4 Å². The molecule has 0 heterocycles. The van der Waals surface area contributed by atoms with E-state index in [0.29, 0.717) is 35.9 Å². The molecule has 0 spiro atoms. The molecule has 0 saturated heterocycles. The summed E-state index contributed by atoms with van der Waals surface area (Å²) < 4.78 is 18.9. The van der Waals surface area contributed by atoms with Crippen LogP contribution in [0.1, 0.15) is 85.0 Å². The number of esters is 1. The minimum absolute atomic E-state index is 0.0647. The van der Waals surface area contributed by atoms with Gasteiger partial charge in [-0.05, 0) is 143 Å². The van der Waals surface area contributed by atoms with Gasteiger partial charge in [-0.1, -0.05) is 20.8 Å². The Bertz CT molecular complexity index is 819. The number of fused-ring (bicyclic) bond motifs is 5. The smallest absolute Gasteiger partial charge is 0.305 e. The summed E-state index contributed by atoms with van der Waals surface area (Å²) >= 11 is 0. The van der Waals surface area contributed by atoms with E-state index in [1.165, 1.54) is 58.5 Å². The molecule has 0 aromatic carbocycles. The highest BCUT2D eigenvalue weighted by molar-refractivity contribution is 6.70. The van der Waals surface area contributed by atoms with Gasteiger partial charge in [-0.2, -0.15) is 0 Å². The molecule has 6 heteroatoms. The lowest BCUT2D eigenvalue weighted by Gasteiger charge is -2.64. The quantitative estimate of drug-likeness (QED) is 0.225. The first-order valence-electron chi connectivity index (χ1n) is 15.5. The van der Waals surface area contributed by atoms with E-state index < -0.39 is 16.6 Å². The number of carbonyl (C=O) groups excluding carboxylic acids is 1. The fourth-order valence-corrected chi connectivity index (χ4v) is 12.4. The summed E-state index contributed by atoms with van der Waals surface area (Å²) in [6.45, 7) is 21.9. The molecule has 0 unspecified atom stereocenters. The Hall–Kier alpha value is -0.176. The molecule has 4 fully saturated rings. The average Bonchev–Trinajstić information content (AvgIpc) is 3.14. The molecule has 0 amide bonds. The molecule has 4 nitrogen and oxygen atoms in total. The molecule has 0 radical (unpaired) electrons. The van der Waals surface area contributed by atoms with Crippen molar-refractivity contribution in [2.24, 2.45) is 46.3 Å². The van der Waals surface area contributed by atoms with Gasteiger partial charge >= 0.3 is 5.97 Å². The summed E-state index contributed by atoms with van der Waals surface area (Å²) in [5.74, 6) is 4.27. The number of carbonyl (C=O) groups is 1. The third kappa shape index (κ3) is 5.97. The van der Waals surface area contributed by atoms with Gasteiger partial charge < -0.3 is 13.6 Å². The van der Waals surface area contributed by atoms with Gasteiger partial charge in [0, 0.05) is 12.5 Å². The van der Waals surface area contributed by atoms with E-state index in [1.54, 1.807) is 0 Å². The summed E-state index contributed by atoms with van der Waals surface area (Å²) in [6.07, 6.45) is 12.8. The van der Waals surface area contributed by atoms with Crippen molar-refractivity contribution in [3.05, 3.63) is 0 Å². The summed E-state index contributed by atoms with van der Waals surface area (Å²) in [5, 5.41) is 0. The van der Waals surface area contributed by atoms with Gasteiger partial charge in [0.25, 0.3) is 0 Å². The summed E-state index contributed by atoms with van der Waals surface area (Å²) in [6, 6.07) is 0. The summed E-state index contributed by atoms with van der Waals surface area (Å²) in [4.78, 5) is 12.0. The molecular weight excluding hydrogens is 493 g/mol. The molecule has 4 aliphatic carbocycles. The van der Waals surface area contributed by atoms with E-state index in [4.69, 9.17) is 13.6 Å². The van der Waals surface area contributed by atoms with Crippen LogP contribution in [0.15, 0.2) is 0 Å². The van der Waals surface area contributed by atoms with Crippen molar-refractivity contribution < 1.29 is 18.4 Å². The van der Waals surface area contributed by atoms with Crippen molar-refractivity contribution in [1.29, 1.82) is 0 Å². The van der Waals surface area contributed by atoms with Crippen molar-refractivity contribution in [1.82, 2.24) is 0 Å². The van der Waals surface area contributed by atoms with Crippen LogP contribution in [0.2, 0.25) is 39.3 Å². The number of rotatable bonds is 8. The molecule has 0 aromatic rings. The lowest BCUT2D eigenvalue weighted by Crippen LogP contribution is -2.60. The number of hydrogen-bond acceptors (Lipinski definition) is 4. The Balaban J connectivity index is 1.59. The first-order valence-corrected chi connectivity index (χ1v) is 22.3. The predicted octanol–water partition coefficient (Wildman–Crippen LogP) is 8.28. The molecule has 0 bridgehead atoms. The highest BCUT2D eigenvalue weighted by Crippen LogP contribution is 2.69. The average molecular weight is 551 g/mol. The second kappa shape index (κ2) is 10.7. The minimum atomic E-state index is -1.71. The lowest BCUT2D eigenvalue weighted by molar-refractivity contribution is -0.169. The van der Waals surface area contributed by atoms with Crippen molar-refractivity contribution in [2.75, 3.05) is 7.11 Å². The Labute approximate surface area is 230 Å². The largest absolute Gasteiger partial charge is 0.469 e. The third-order valence-electron chi connectivity index (χ3n) is 11.5. The highest BCUT2D eigenvalue weighted by atomic mass is 28.4. The number of ether oxygens (including phenoxy) is 1. The Kier molecular flexibility index (Phi) is 8.59. The van der Waals surface area contributed by atoms with Crippen LogP contribution < -0.4 is 0 Å². The lowest BCUT2D eigenvalue weighted by atomic mass is 9.43. The van der Waals surface area contributed by atoms with E-state index in [9.17, 15) is 4.79 Å². The van der Waals surface area contributed by atoms with E-state index in [2.05, 4.69) is 60.1 Å². The maximum atomic E-state index is 12.0. The Morgan fingerprint density at radius 2 is 1.57 bits per heavy atom. The van der Waals surface area contributed by atoms with Crippen LogP contribution >= 0.6 is 0 Å². The fourth-order valence-electron chi connectivity index (χ4n) is 9.97. The van der Waals surface area contributed by atoms with Crippen molar-refractivity contribution in [2.45, 2.75) is 136 Å². The van der Waals surface area contributed by atoms with Gasteiger partial charge in [-0.3, -0.25) is 4.79 Å². The van der Waals surface area contributed by atoms with E-state index in [-0.39, 0.29) is 11.4 Å². The fraction of sp³-hybridized carbons (Fsp3) is 0.968. The highest BCUT2D eigenvalue weighted by Gasteiger charge is 2.64. The van der Waals surface area contributed by atoms with Crippen LogP contribution in [-0.4, -0.2) is 41.9 Å². The van der Waals surface area contributed by atoms with Crippen molar-refractivity contribution in [3.63, 3.8) is 0 Å². The van der Waals surface area contributed by atoms with Crippen molar-refractivity contribution >= 4 is 22.6 Å². The first-order chi connectivity index (χ1) is 17.1. The van der Waals surface area contributed by atoms with Crippen LogP contribution in [0.4, 0.5) is 0 Å². The summed E-state index contributed by atoms with van der Waals surface area (Å²) in [5.41, 5.74) is 0.650. The minimum Gasteiger partial charge on any atom is -0.469 e. The molecule has 0 N–H and O–H groups in total. The van der Waals surface area contributed by atoms with Crippen LogP contribution in [0.3, 0.4) is 0 Å². The Morgan fingerprint density at radius 3 is 2.19 bits per heavy atom. The zero-order valence-electron chi connectivity index (χ0n) is 25.8. The molecule has 4 saturated carbocycles. The van der Waals surface area contributed by atoms with Gasteiger partial charge in [0.05, 0.1) is 13.2 Å². The van der Waals surface area contributed by atoms with Gasteiger partial charge in [0.1, 0.15) is 0 Å². The normalized spacial score (nSPS) is 42.9. The molecule has 0 aliphatic heterocycles. The molecule has 4 aliphatic rings. The second-order valence-electron chi connectivity index (χ2n) is 15.9. The summed E-state index contributed by atoms with van der Waals surface area (Å²) in [7, 11) is -1.70. The van der Waals surface area contributed by atoms with E-state index >= 15 is 0 Å². The molecule has 37 heavy (non-hydrogen) atoms. The maximum Gasteiger partial charge on any atom is 0.305 e. The van der Waals surface area contributed by atoms with Gasteiger partial charge in [0.2, 0.25) is 0 Å². The van der Waals surface area contributed by atoms with Gasteiger partial charge in [-0.25, -0.2) is 0 Å². The topological polar surface area (TPSA) is 44.8 Å². The third-order valence-corrected chi connectivity index (χ3v) is 13.5. The molecule has 10 atom stereocenters. The predicted molar refractivity (Wildman–Crippen MR) is 157 cm³/mol. The number of hydrogen-bond donors (Lipinski definition) is 0. The van der Waals surface area contributed by atoms with Gasteiger partial charge in [0.15, 0.2) is 16.6 Å². The maximum absolute atomic E-state index is 12.0. The number of methoxy groups -OCH3 is 1. The zero-order valence-corrected chi connectivity index (χ0v) is 27.8. The zero-order chi connectivity index (χ0) is 27.4. The molecule has 0 aromatic heterocycles. The monoisotopic (exact) mass is 550 g/mol. The molecule has 4 rings (SSSR count). The SMILES string of the molecule is COC(=O)CC[C@@H](C)[C@H]1CC[C@H]2[C@@H]3CC[C@@H]4C[C@@H](O[Si](C)(C)C)CC[C@]4(C)[C@H]3C[C@@H](O[Si](C)(C)C)[C@]12C. The molecule has 214 valence electrons. The van der Waals surface area contributed by atoms with Crippen molar-refractivity contribution in [3.8, 4) is 0 Å². The first kappa shape index (κ1) is 29.8. The standard InChI is InChI=1S/C31H58O4Si2/c1-21(11-16-29(32)33-4)25-14-15-26-24-13-12-22-19-23(34-36(5,6)7)17-18-30(22,2)27(24)20-28(31(25,26)3)35-37(8,9)10/h21-28H,11-20H2,1-10H3/t21-,22-,23+,24+,25-,26+,27+,28-,30+,31-/m1/s1. The van der Waals surface area contributed by atoms with Crippen LogP contribution in [0.5, 0.6) is 0 Å². The van der Waals surface area contributed by atoms with Crippen LogP contribution in [0, 0.1) is 46.3 Å².